The minimum Gasteiger partial charge on any atom is -0.370 e. The van der Waals surface area contributed by atoms with Crippen LogP contribution >= 0.6 is 0 Å². The number of nitrogens with one attached hydrogen (secondary N) is 3. The Balaban J connectivity index is 1.66. The fraction of sp³-hybridized carbons (Fsp3) is 0.385. The molecule has 0 radical (unpaired) electrons. The molecular formula is C26H34N8O7S. The highest BCUT2D eigenvalue weighted by Crippen LogP contribution is 2.20. The van der Waals surface area contributed by atoms with E-state index in [9.17, 15) is 32.9 Å². The summed E-state index contributed by atoms with van der Waals surface area (Å²) < 4.78 is 27.5. The topological polar surface area (TPSA) is 232 Å². The molecule has 2 aromatic rings. The molecule has 0 saturated carbocycles. The van der Waals surface area contributed by atoms with Crippen molar-refractivity contribution in [1.82, 2.24) is 14.9 Å². The van der Waals surface area contributed by atoms with Gasteiger partial charge in [-0.2, -0.15) is 0 Å². The first-order valence-corrected chi connectivity index (χ1v) is 14.6. The SMILES string of the molecule is Cc1ccc(S(=O)(=O)NCC(=O)N2CCC[C@@H]2C(=O)N[C@H](CCCN=C(N)N)C(=O)Nc2ccc([N+](=O)[O-])cc2)cc1. The van der Waals surface area contributed by atoms with E-state index in [1.54, 1.807) is 12.1 Å². The highest BCUT2D eigenvalue weighted by atomic mass is 32.2. The number of nitrogens with zero attached hydrogens (tertiary/aromatic N) is 3. The number of non-ortho nitro benzene ring substituents is 1. The Morgan fingerprint density at radius 3 is 2.40 bits per heavy atom. The Morgan fingerprint density at radius 2 is 1.79 bits per heavy atom. The Bertz CT molecular complexity index is 1430. The summed E-state index contributed by atoms with van der Waals surface area (Å²) in [5.74, 6) is -1.86. The van der Waals surface area contributed by atoms with Gasteiger partial charge in [0.05, 0.1) is 16.4 Å². The van der Waals surface area contributed by atoms with Crippen molar-refractivity contribution in [2.24, 2.45) is 16.5 Å². The Kier molecular flexibility index (Phi) is 10.9. The lowest BCUT2D eigenvalue weighted by Crippen LogP contribution is -2.53. The van der Waals surface area contributed by atoms with Gasteiger partial charge in [-0.15, -0.1) is 0 Å². The number of nitro groups is 1. The van der Waals surface area contributed by atoms with E-state index >= 15 is 0 Å². The van der Waals surface area contributed by atoms with Crippen LogP contribution in [0.3, 0.4) is 0 Å². The predicted octanol–water partition coefficient (Wildman–Crippen LogP) is 0.350. The van der Waals surface area contributed by atoms with Crippen molar-refractivity contribution in [3.8, 4) is 0 Å². The van der Waals surface area contributed by atoms with Gasteiger partial charge >= 0.3 is 0 Å². The zero-order chi connectivity index (χ0) is 30.9. The van der Waals surface area contributed by atoms with Gasteiger partial charge in [-0.25, -0.2) is 13.1 Å². The number of carbonyl (C=O) groups is 3. The second kappa shape index (κ2) is 14.4. The van der Waals surface area contributed by atoms with Crippen LogP contribution in [0.2, 0.25) is 0 Å². The minimum absolute atomic E-state index is 0.0132. The van der Waals surface area contributed by atoms with Crippen LogP contribution in [0.5, 0.6) is 0 Å². The van der Waals surface area contributed by atoms with E-state index in [-0.39, 0.29) is 41.7 Å². The third-order valence-corrected chi connectivity index (χ3v) is 7.96. The first-order valence-electron chi connectivity index (χ1n) is 13.1. The molecule has 3 amide bonds. The summed E-state index contributed by atoms with van der Waals surface area (Å²) in [6, 6.07) is 9.40. The van der Waals surface area contributed by atoms with Crippen LogP contribution in [0.4, 0.5) is 11.4 Å². The number of aliphatic imine (C=N–C) groups is 1. The monoisotopic (exact) mass is 602 g/mol. The zero-order valence-corrected chi connectivity index (χ0v) is 23.8. The number of hydrogen-bond donors (Lipinski definition) is 5. The number of nitro benzene ring substituents is 1. The summed E-state index contributed by atoms with van der Waals surface area (Å²) in [4.78, 5) is 54.8. The lowest BCUT2D eigenvalue weighted by molar-refractivity contribution is -0.384. The van der Waals surface area contributed by atoms with Crippen LogP contribution in [0, 0.1) is 17.0 Å². The Morgan fingerprint density at radius 1 is 1.12 bits per heavy atom. The molecular weight excluding hydrogens is 568 g/mol. The summed E-state index contributed by atoms with van der Waals surface area (Å²) in [6.45, 7) is 1.73. The molecule has 1 fully saturated rings. The maximum absolute atomic E-state index is 13.3. The van der Waals surface area contributed by atoms with Gasteiger partial charge in [0.2, 0.25) is 27.7 Å². The van der Waals surface area contributed by atoms with Crippen molar-refractivity contribution in [1.29, 1.82) is 0 Å². The van der Waals surface area contributed by atoms with Gasteiger partial charge in [-0.05, 0) is 56.9 Å². The maximum atomic E-state index is 13.3. The summed E-state index contributed by atoms with van der Waals surface area (Å²) in [6.07, 6.45) is 1.33. The largest absolute Gasteiger partial charge is 0.370 e. The number of benzene rings is 2. The molecule has 15 nitrogen and oxygen atoms in total. The molecule has 1 saturated heterocycles. The number of hydrogen-bond acceptors (Lipinski definition) is 8. The molecule has 226 valence electrons. The average Bonchev–Trinajstić information content (AvgIpc) is 3.44. The number of amides is 3. The van der Waals surface area contributed by atoms with Crippen LogP contribution in [-0.4, -0.2) is 73.6 Å². The van der Waals surface area contributed by atoms with E-state index in [1.807, 2.05) is 6.92 Å². The molecule has 1 aliphatic heterocycles. The third-order valence-electron chi connectivity index (χ3n) is 6.54. The lowest BCUT2D eigenvalue weighted by Gasteiger charge is -2.26. The van der Waals surface area contributed by atoms with E-state index in [1.165, 1.54) is 41.3 Å². The molecule has 42 heavy (non-hydrogen) atoms. The van der Waals surface area contributed by atoms with Crippen LogP contribution in [0.25, 0.3) is 0 Å². The fourth-order valence-electron chi connectivity index (χ4n) is 4.33. The number of guanidine groups is 1. The lowest BCUT2D eigenvalue weighted by atomic mass is 10.1. The van der Waals surface area contributed by atoms with Gasteiger partial charge in [0.25, 0.3) is 5.69 Å². The molecule has 1 aliphatic rings. The summed E-state index contributed by atoms with van der Waals surface area (Å²) in [7, 11) is -3.94. The van der Waals surface area contributed by atoms with E-state index in [2.05, 4.69) is 20.3 Å². The van der Waals surface area contributed by atoms with Gasteiger partial charge in [0.1, 0.15) is 12.1 Å². The second-order valence-corrected chi connectivity index (χ2v) is 11.5. The molecule has 0 spiro atoms. The summed E-state index contributed by atoms with van der Waals surface area (Å²) >= 11 is 0. The van der Waals surface area contributed by atoms with Gasteiger partial charge in [0.15, 0.2) is 5.96 Å². The molecule has 0 aliphatic carbocycles. The number of nitrogens with two attached hydrogens (primary N) is 2. The van der Waals surface area contributed by atoms with Crippen LogP contribution in [-0.2, 0) is 24.4 Å². The zero-order valence-electron chi connectivity index (χ0n) is 23.0. The average molecular weight is 603 g/mol. The molecule has 1 heterocycles. The molecule has 2 aromatic carbocycles. The number of aryl methyl sites for hydroxylation is 1. The van der Waals surface area contributed by atoms with Crippen molar-refractivity contribution in [3.63, 3.8) is 0 Å². The van der Waals surface area contributed by atoms with Crippen molar-refractivity contribution in [3.05, 3.63) is 64.2 Å². The Labute approximate surface area is 242 Å². The number of carbonyl (C=O) groups excluding carboxylic acids is 3. The molecule has 0 unspecified atom stereocenters. The van der Waals surface area contributed by atoms with Crippen molar-refractivity contribution in [2.75, 3.05) is 25.0 Å². The number of sulfonamides is 1. The first kappa shape index (κ1) is 32.0. The third kappa shape index (κ3) is 8.97. The van der Waals surface area contributed by atoms with Gasteiger partial charge in [-0.3, -0.25) is 29.5 Å². The second-order valence-electron chi connectivity index (χ2n) is 9.69. The van der Waals surface area contributed by atoms with Gasteiger partial charge in [0, 0.05) is 30.9 Å². The summed E-state index contributed by atoms with van der Waals surface area (Å²) in [5, 5.41) is 16.2. The molecule has 16 heteroatoms. The molecule has 3 rings (SSSR count). The van der Waals surface area contributed by atoms with Crippen molar-refractivity contribution < 1.29 is 27.7 Å². The molecule has 0 aromatic heterocycles. The van der Waals surface area contributed by atoms with Gasteiger partial charge in [-0.1, -0.05) is 17.7 Å². The van der Waals surface area contributed by atoms with Gasteiger partial charge < -0.3 is 27.0 Å². The normalized spacial score (nSPS) is 15.5. The van der Waals surface area contributed by atoms with E-state index < -0.39 is 51.3 Å². The predicted molar refractivity (Wildman–Crippen MR) is 155 cm³/mol. The summed E-state index contributed by atoms with van der Waals surface area (Å²) in [5.41, 5.74) is 11.7. The first-order chi connectivity index (χ1) is 19.9. The smallest absolute Gasteiger partial charge is 0.269 e. The van der Waals surface area contributed by atoms with Crippen LogP contribution in [0.15, 0.2) is 58.4 Å². The molecule has 2 atom stereocenters. The van der Waals surface area contributed by atoms with E-state index in [0.29, 0.717) is 19.3 Å². The fourth-order valence-corrected chi connectivity index (χ4v) is 5.31. The highest BCUT2D eigenvalue weighted by molar-refractivity contribution is 7.89. The highest BCUT2D eigenvalue weighted by Gasteiger charge is 2.36. The number of rotatable bonds is 13. The Hall–Kier alpha value is -4.57. The molecule has 7 N–H and O–H groups in total. The van der Waals surface area contributed by atoms with Crippen molar-refractivity contribution >= 4 is 45.1 Å². The number of likely N-dealkylation sites (tertiary alicyclic amines) is 1. The minimum atomic E-state index is -3.94. The quantitative estimate of drug-likeness (QED) is 0.0698. The standard InChI is InChI=1S/C26H34N8O7S/c1-17-6-12-20(13-7-17)42(40,41)30-16-23(35)33-15-3-5-22(33)25(37)32-21(4-2-14-29-26(27)28)24(36)31-18-8-10-19(11-9-18)34(38)39/h6-13,21-22,30H,2-5,14-16H2,1H3,(H,31,36)(H,32,37)(H4,27,28,29)/t21-,22-/m1/s1. The molecule has 0 bridgehead atoms. The van der Waals surface area contributed by atoms with E-state index in [0.717, 1.165) is 5.56 Å². The van der Waals surface area contributed by atoms with Crippen LogP contribution in [0.1, 0.15) is 31.2 Å². The van der Waals surface area contributed by atoms with Crippen molar-refractivity contribution in [2.45, 2.75) is 49.6 Å². The van der Waals surface area contributed by atoms with E-state index in [4.69, 9.17) is 11.5 Å². The number of anilines is 1. The maximum Gasteiger partial charge on any atom is 0.269 e. The van der Waals surface area contributed by atoms with Crippen LogP contribution < -0.4 is 26.8 Å².